The van der Waals surface area contributed by atoms with Gasteiger partial charge in [0.2, 0.25) is 0 Å². The third-order valence-electron chi connectivity index (χ3n) is 3.91. The molecule has 0 saturated carbocycles. The molecule has 22 heavy (non-hydrogen) atoms. The first-order valence-corrected chi connectivity index (χ1v) is 7.92. The number of pyridine rings is 1. The van der Waals surface area contributed by atoms with Gasteiger partial charge in [0.25, 0.3) is 0 Å². The molecule has 1 fully saturated rings. The predicted octanol–water partition coefficient (Wildman–Crippen LogP) is 2.93. The van der Waals surface area contributed by atoms with E-state index in [1.54, 1.807) is 0 Å². The predicted molar refractivity (Wildman–Crippen MR) is 96.0 cm³/mol. The molecule has 0 aromatic carbocycles. The van der Waals surface area contributed by atoms with Crippen molar-refractivity contribution in [2.75, 3.05) is 6.54 Å². The van der Waals surface area contributed by atoms with E-state index >= 15 is 0 Å². The number of aryl methyl sites for hydroxylation is 1. The van der Waals surface area contributed by atoms with Crippen LogP contribution in [0.5, 0.6) is 0 Å². The van der Waals surface area contributed by atoms with Crippen LogP contribution in [0.3, 0.4) is 0 Å². The van der Waals surface area contributed by atoms with Crippen LogP contribution in [0.2, 0.25) is 0 Å². The van der Waals surface area contributed by atoms with E-state index in [0.29, 0.717) is 0 Å². The number of piperidine rings is 1. The van der Waals surface area contributed by atoms with E-state index in [9.17, 15) is 5.11 Å². The lowest BCUT2D eigenvalue weighted by Crippen LogP contribution is -2.44. The molecule has 2 aromatic heterocycles. The van der Waals surface area contributed by atoms with Crippen LogP contribution in [0.25, 0.3) is 11.2 Å². The van der Waals surface area contributed by atoms with Crippen LogP contribution in [0.15, 0.2) is 23.1 Å². The molecule has 5 nitrogen and oxygen atoms in total. The quantitative estimate of drug-likeness (QED) is 0.759. The SMILES string of the molecule is Cl.Cl.OC1CCCNC1CCCn1cnc2nc(Br)ccc21. The summed E-state index contributed by atoms with van der Waals surface area (Å²) in [6.45, 7) is 1.93. The lowest BCUT2D eigenvalue weighted by Gasteiger charge is -2.28. The Kier molecular flexibility index (Phi) is 8.07. The maximum Gasteiger partial charge on any atom is 0.178 e. The summed E-state index contributed by atoms with van der Waals surface area (Å²) >= 11 is 3.36. The van der Waals surface area contributed by atoms with Crippen molar-refractivity contribution >= 4 is 51.9 Å². The van der Waals surface area contributed by atoms with Gasteiger partial charge in [-0.2, -0.15) is 0 Å². The van der Waals surface area contributed by atoms with E-state index in [0.717, 1.165) is 54.5 Å². The van der Waals surface area contributed by atoms with E-state index in [1.165, 1.54) is 0 Å². The summed E-state index contributed by atoms with van der Waals surface area (Å²) in [5, 5.41) is 13.3. The molecule has 0 spiro atoms. The summed E-state index contributed by atoms with van der Waals surface area (Å²) in [6, 6.07) is 4.21. The fourth-order valence-corrected chi connectivity index (χ4v) is 3.11. The molecule has 1 aliphatic rings. The lowest BCUT2D eigenvalue weighted by atomic mass is 9.97. The minimum absolute atomic E-state index is 0. The third kappa shape index (κ3) is 4.55. The zero-order valence-corrected chi connectivity index (χ0v) is 15.3. The zero-order chi connectivity index (χ0) is 13.9. The van der Waals surface area contributed by atoms with Gasteiger partial charge < -0.3 is 15.0 Å². The number of rotatable bonds is 4. The number of halogens is 3. The zero-order valence-electron chi connectivity index (χ0n) is 12.1. The number of aromatic nitrogens is 3. The van der Waals surface area contributed by atoms with Gasteiger partial charge in [0.1, 0.15) is 4.60 Å². The van der Waals surface area contributed by atoms with Crippen LogP contribution >= 0.6 is 40.7 Å². The first-order valence-electron chi connectivity index (χ1n) is 7.13. The Morgan fingerprint density at radius 3 is 2.95 bits per heavy atom. The number of aliphatic hydroxyl groups is 1. The molecule has 1 aliphatic heterocycles. The molecule has 8 heteroatoms. The minimum atomic E-state index is -0.194. The van der Waals surface area contributed by atoms with E-state index < -0.39 is 0 Å². The lowest BCUT2D eigenvalue weighted by molar-refractivity contribution is 0.0909. The van der Waals surface area contributed by atoms with Crippen LogP contribution in [0.4, 0.5) is 0 Å². The molecule has 0 bridgehead atoms. The number of fused-ring (bicyclic) bond motifs is 1. The molecule has 0 radical (unpaired) electrons. The van der Waals surface area contributed by atoms with Crippen LogP contribution in [-0.4, -0.2) is 38.3 Å². The van der Waals surface area contributed by atoms with Gasteiger partial charge in [-0.1, -0.05) is 0 Å². The van der Waals surface area contributed by atoms with Gasteiger partial charge in [0.05, 0.1) is 17.9 Å². The Balaban J connectivity index is 0.00000121. The van der Waals surface area contributed by atoms with E-state index in [4.69, 9.17) is 0 Å². The Bertz CT molecular complexity index is 595. The van der Waals surface area contributed by atoms with Crippen molar-refractivity contribution < 1.29 is 5.11 Å². The van der Waals surface area contributed by atoms with Gasteiger partial charge in [-0.05, 0) is 60.3 Å². The van der Waals surface area contributed by atoms with Crippen molar-refractivity contribution in [3.05, 3.63) is 23.1 Å². The molecule has 0 aliphatic carbocycles. The van der Waals surface area contributed by atoms with Gasteiger partial charge in [0, 0.05) is 12.6 Å². The molecule has 2 unspecified atom stereocenters. The van der Waals surface area contributed by atoms with Gasteiger partial charge in [-0.25, -0.2) is 9.97 Å². The van der Waals surface area contributed by atoms with E-state index in [2.05, 4.69) is 35.8 Å². The van der Waals surface area contributed by atoms with Gasteiger partial charge in [-0.3, -0.25) is 0 Å². The second kappa shape index (κ2) is 9.03. The van der Waals surface area contributed by atoms with Crippen LogP contribution in [-0.2, 0) is 6.54 Å². The topological polar surface area (TPSA) is 63.0 Å². The Hall–Kier alpha value is -0.400. The van der Waals surface area contributed by atoms with Crippen LogP contribution in [0.1, 0.15) is 25.7 Å². The Morgan fingerprint density at radius 1 is 1.36 bits per heavy atom. The molecule has 2 atom stereocenters. The molecule has 3 rings (SSSR count). The minimum Gasteiger partial charge on any atom is -0.392 e. The number of nitrogens with one attached hydrogen (secondary N) is 1. The van der Waals surface area contributed by atoms with Gasteiger partial charge in [-0.15, -0.1) is 24.8 Å². The number of aliphatic hydroxyl groups excluding tert-OH is 1. The summed E-state index contributed by atoms with van der Waals surface area (Å²) in [7, 11) is 0. The normalized spacial score (nSPS) is 21.2. The molecule has 3 heterocycles. The number of nitrogens with zero attached hydrogens (tertiary/aromatic N) is 3. The highest BCUT2D eigenvalue weighted by atomic mass is 79.9. The first-order chi connectivity index (χ1) is 9.74. The second-order valence-corrected chi connectivity index (χ2v) is 6.14. The number of hydrogen-bond donors (Lipinski definition) is 2. The van der Waals surface area contributed by atoms with Crippen molar-refractivity contribution in [1.82, 2.24) is 19.9 Å². The Morgan fingerprint density at radius 2 is 2.18 bits per heavy atom. The van der Waals surface area contributed by atoms with Crippen molar-refractivity contribution in [3.63, 3.8) is 0 Å². The molecule has 2 N–H and O–H groups in total. The van der Waals surface area contributed by atoms with Gasteiger partial charge >= 0.3 is 0 Å². The largest absolute Gasteiger partial charge is 0.392 e. The van der Waals surface area contributed by atoms with E-state index in [1.807, 2.05) is 18.5 Å². The monoisotopic (exact) mass is 410 g/mol. The Labute approximate surface area is 150 Å². The maximum atomic E-state index is 9.93. The molecular weight excluding hydrogens is 391 g/mol. The maximum absolute atomic E-state index is 9.93. The summed E-state index contributed by atoms with van der Waals surface area (Å²) < 4.78 is 2.94. The molecule has 124 valence electrons. The fraction of sp³-hybridized carbons (Fsp3) is 0.571. The smallest absolute Gasteiger partial charge is 0.178 e. The number of hydrogen-bond acceptors (Lipinski definition) is 4. The van der Waals surface area contributed by atoms with Crippen molar-refractivity contribution in [2.24, 2.45) is 0 Å². The van der Waals surface area contributed by atoms with Crippen LogP contribution < -0.4 is 5.32 Å². The highest BCUT2D eigenvalue weighted by molar-refractivity contribution is 9.10. The highest BCUT2D eigenvalue weighted by Gasteiger charge is 2.21. The number of imidazole rings is 1. The summed E-state index contributed by atoms with van der Waals surface area (Å²) in [6.07, 6.45) is 5.66. The standard InChI is InChI=1S/C14H19BrN4O.2ClH/c15-13-6-5-11-14(18-13)17-9-19(11)8-2-3-10-12(20)4-1-7-16-10;;/h5-6,9-10,12,16,20H,1-4,7-8H2;2*1H. The van der Waals surface area contributed by atoms with Crippen LogP contribution in [0, 0.1) is 0 Å². The second-order valence-electron chi connectivity index (χ2n) is 5.33. The fourth-order valence-electron chi connectivity index (χ4n) is 2.81. The van der Waals surface area contributed by atoms with E-state index in [-0.39, 0.29) is 37.0 Å². The molecule has 0 amide bonds. The summed E-state index contributed by atoms with van der Waals surface area (Å²) in [4.78, 5) is 8.66. The van der Waals surface area contributed by atoms with Crippen molar-refractivity contribution in [1.29, 1.82) is 0 Å². The van der Waals surface area contributed by atoms with Crippen molar-refractivity contribution in [3.8, 4) is 0 Å². The summed E-state index contributed by atoms with van der Waals surface area (Å²) in [5.41, 5.74) is 1.83. The average molecular weight is 412 g/mol. The summed E-state index contributed by atoms with van der Waals surface area (Å²) in [5.74, 6) is 0. The third-order valence-corrected chi connectivity index (χ3v) is 4.35. The van der Waals surface area contributed by atoms with Crippen molar-refractivity contribution in [2.45, 2.75) is 44.4 Å². The first kappa shape index (κ1) is 19.6. The average Bonchev–Trinajstić information content (AvgIpc) is 2.83. The van der Waals surface area contributed by atoms with Gasteiger partial charge in [0.15, 0.2) is 5.65 Å². The highest BCUT2D eigenvalue weighted by Crippen LogP contribution is 2.17. The molecule has 1 saturated heterocycles. The molecule has 2 aromatic rings. The molecular formula is C14H21BrCl2N4O.